The zero-order valence-electron chi connectivity index (χ0n) is 10.8. The van der Waals surface area contributed by atoms with Gasteiger partial charge in [0.05, 0.1) is 12.6 Å². The number of aliphatic hydroxyl groups is 1. The first-order valence-corrected chi connectivity index (χ1v) is 6.38. The Morgan fingerprint density at radius 2 is 2.28 bits per heavy atom. The van der Waals surface area contributed by atoms with Crippen molar-refractivity contribution >= 4 is 0 Å². The minimum atomic E-state index is -0.382. The normalized spacial score (nSPS) is 12.8. The number of hydrogen-bond donors (Lipinski definition) is 1. The lowest BCUT2D eigenvalue weighted by Crippen LogP contribution is -2.00. The van der Waals surface area contributed by atoms with Crippen LogP contribution in [0.4, 0.5) is 0 Å². The summed E-state index contributed by atoms with van der Waals surface area (Å²) in [5, 5.41) is 13.8. The Morgan fingerprint density at radius 3 is 2.94 bits per heavy atom. The molecule has 98 valence electrons. The van der Waals surface area contributed by atoms with Gasteiger partial charge in [-0.3, -0.25) is 0 Å². The van der Waals surface area contributed by atoms with E-state index in [1.165, 1.54) is 0 Å². The van der Waals surface area contributed by atoms with E-state index >= 15 is 0 Å². The fourth-order valence-electron chi connectivity index (χ4n) is 1.86. The van der Waals surface area contributed by atoms with Gasteiger partial charge in [-0.1, -0.05) is 25.4 Å². The van der Waals surface area contributed by atoms with Gasteiger partial charge < -0.3 is 14.2 Å². The first kappa shape index (κ1) is 12.8. The molecule has 2 heterocycles. The summed E-state index contributed by atoms with van der Waals surface area (Å²) in [5.41, 5.74) is 0.941. The lowest BCUT2D eigenvalue weighted by atomic mass is 10.1. The lowest BCUT2D eigenvalue weighted by molar-refractivity contribution is 0.166. The lowest BCUT2D eigenvalue weighted by Gasteiger charge is -2.05. The predicted octanol–water partition coefficient (Wildman–Crippen LogP) is 2.32. The van der Waals surface area contributed by atoms with Gasteiger partial charge in [-0.15, -0.1) is 0 Å². The van der Waals surface area contributed by atoms with Crippen LogP contribution in [0.5, 0.6) is 0 Å². The van der Waals surface area contributed by atoms with Crippen molar-refractivity contribution in [3.05, 3.63) is 35.7 Å². The molecular formula is C13H19N3O2. The van der Waals surface area contributed by atoms with Gasteiger partial charge in [0.25, 0.3) is 0 Å². The second-order valence-corrected chi connectivity index (χ2v) is 4.38. The van der Waals surface area contributed by atoms with Crippen LogP contribution in [-0.4, -0.2) is 19.8 Å². The molecule has 0 aliphatic carbocycles. The van der Waals surface area contributed by atoms with Gasteiger partial charge in [0.2, 0.25) is 5.89 Å². The van der Waals surface area contributed by atoms with Crippen LogP contribution in [0.2, 0.25) is 0 Å². The van der Waals surface area contributed by atoms with Gasteiger partial charge in [0, 0.05) is 18.8 Å². The van der Waals surface area contributed by atoms with Crippen LogP contribution in [0.3, 0.4) is 0 Å². The molecule has 5 heteroatoms. The molecule has 1 atom stereocenters. The molecule has 0 fully saturated rings. The fraction of sp³-hybridized carbons (Fsp3) is 0.538. The summed E-state index contributed by atoms with van der Waals surface area (Å²) in [6.07, 6.45) is 5.98. The third-order valence-corrected chi connectivity index (χ3v) is 2.86. The minimum absolute atomic E-state index is 0.382. The molecule has 1 unspecified atom stereocenters. The maximum Gasteiger partial charge on any atom is 0.226 e. The summed E-state index contributed by atoms with van der Waals surface area (Å²) in [6.45, 7) is 4.61. The molecule has 2 aromatic rings. The van der Waals surface area contributed by atoms with E-state index in [9.17, 15) is 5.11 Å². The third kappa shape index (κ3) is 2.98. The van der Waals surface area contributed by atoms with Crippen LogP contribution < -0.4 is 0 Å². The number of nitrogens with zero attached hydrogens (tertiary/aromatic N) is 3. The summed E-state index contributed by atoms with van der Waals surface area (Å²) in [6, 6.07) is 1.93. The third-order valence-electron chi connectivity index (χ3n) is 2.86. The Hall–Kier alpha value is -1.62. The van der Waals surface area contributed by atoms with Crippen molar-refractivity contribution in [1.82, 2.24) is 14.7 Å². The van der Waals surface area contributed by atoms with Crippen molar-refractivity contribution in [3.8, 4) is 0 Å². The van der Waals surface area contributed by atoms with Crippen molar-refractivity contribution in [1.29, 1.82) is 0 Å². The summed E-state index contributed by atoms with van der Waals surface area (Å²) in [7, 11) is 0. The molecule has 0 amide bonds. The highest BCUT2D eigenvalue weighted by molar-refractivity contribution is 5.14. The Labute approximate surface area is 106 Å². The van der Waals surface area contributed by atoms with Crippen molar-refractivity contribution in [2.24, 2.45) is 0 Å². The van der Waals surface area contributed by atoms with E-state index in [-0.39, 0.29) is 6.10 Å². The van der Waals surface area contributed by atoms with Gasteiger partial charge in [-0.25, -0.2) is 0 Å². The molecule has 0 radical (unpaired) electrons. The molecule has 5 nitrogen and oxygen atoms in total. The van der Waals surface area contributed by atoms with E-state index in [0.717, 1.165) is 24.8 Å². The largest absolute Gasteiger partial charge is 0.388 e. The molecule has 0 spiro atoms. The van der Waals surface area contributed by atoms with E-state index in [1.807, 2.05) is 30.0 Å². The molecule has 0 saturated carbocycles. The summed E-state index contributed by atoms with van der Waals surface area (Å²) in [5.74, 6) is 1.32. The zero-order valence-corrected chi connectivity index (χ0v) is 10.8. The maximum atomic E-state index is 9.88. The van der Waals surface area contributed by atoms with Crippen LogP contribution in [0.1, 0.15) is 50.1 Å². The quantitative estimate of drug-likeness (QED) is 0.853. The van der Waals surface area contributed by atoms with Gasteiger partial charge in [0.15, 0.2) is 5.82 Å². The van der Waals surface area contributed by atoms with Gasteiger partial charge in [-0.05, 0) is 18.1 Å². The second kappa shape index (κ2) is 5.82. The molecule has 2 aromatic heterocycles. The Bertz CT molecular complexity index is 490. The first-order chi connectivity index (χ1) is 8.72. The highest BCUT2D eigenvalue weighted by atomic mass is 16.5. The average molecular weight is 249 g/mol. The maximum absolute atomic E-state index is 9.88. The molecule has 0 saturated heterocycles. The fourth-order valence-corrected chi connectivity index (χ4v) is 1.86. The summed E-state index contributed by atoms with van der Waals surface area (Å²) in [4.78, 5) is 4.25. The number of aromatic nitrogens is 3. The summed E-state index contributed by atoms with van der Waals surface area (Å²) >= 11 is 0. The van der Waals surface area contributed by atoms with E-state index in [1.54, 1.807) is 0 Å². The first-order valence-electron chi connectivity index (χ1n) is 6.38. The van der Waals surface area contributed by atoms with Crippen LogP contribution in [0.15, 0.2) is 23.0 Å². The minimum Gasteiger partial charge on any atom is -0.388 e. The second-order valence-electron chi connectivity index (χ2n) is 4.38. The average Bonchev–Trinajstić information content (AvgIpc) is 2.99. The SMILES string of the molecule is CCCC(O)c1ccn(Cc2noc(CC)n2)c1. The molecule has 0 aromatic carbocycles. The van der Waals surface area contributed by atoms with Crippen LogP contribution in [0, 0.1) is 0 Å². The van der Waals surface area contributed by atoms with Crippen LogP contribution >= 0.6 is 0 Å². The van der Waals surface area contributed by atoms with Crippen molar-refractivity contribution < 1.29 is 9.63 Å². The Kier molecular flexibility index (Phi) is 4.15. The van der Waals surface area contributed by atoms with E-state index < -0.39 is 0 Å². The van der Waals surface area contributed by atoms with Crippen LogP contribution in [-0.2, 0) is 13.0 Å². The van der Waals surface area contributed by atoms with E-state index in [4.69, 9.17) is 4.52 Å². The number of rotatable bonds is 6. The molecule has 0 bridgehead atoms. The standard InChI is InChI=1S/C13H19N3O2/c1-3-5-11(17)10-6-7-16(8-10)9-12-14-13(4-2)18-15-12/h6-8,11,17H,3-5,9H2,1-2H3. The predicted molar refractivity (Wildman–Crippen MR) is 67.1 cm³/mol. The number of hydrogen-bond acceptors (Lipinski definition) is 4. The monoisotopic (exact) mass is 249 g/mol. The molecule has 18 heavy (non-hydrogen) atoms. The van der Waals surface area contributed by atoms with E-state index in [0.29, 0.717) is 18.3 Å². The van der Waals surface area contributed by atoms with Crippen molar-refractivity contribution in [3.63, 3.8) is 0 Å². The van der Waals surface area contributed by atoms with Gasteiger partial charge in [0.1, 0.15) is 0 Å². The molecule has 2 rings (SSSR count). The van der Waals surface area contributed by atoms with Crippen molar-refractivity contribution in [2.45, 2.75) is 45.8 Å². The van der Waals surface area contributed by atoms with Crippen LogP contribution in [0.25, 0.3) is 0 Å². The number of aryl methyl sites for hydroxylation is 1. The van der Waals surface area contributed by atoms with Gasteiger partial charge >= 0.3 is 0 Å². The highest BCUT2D eigenvalue weighted by Crippen LogP contribution is 2.18. The van der Waals surface area contributed by atoms with Crippen molar-refractivity contribution in [2.75, 3.05) is 0 Å². The smallest absolute Gasteiger partial charge is 0.226 e. The molecule has 1 N–H and O–H groups in total. The molecule has 0 aliphatic rings. The zero-order chi connectivity index (χ0) is 13.0. The van der Waals surface area contributed by atoms with Gasteiger partial charge in [-0.2, -0.15) is 4.98 Å². The highest BCUT2D eigenvalue weighted by Gasteiger charge is 2.09. The number of aliphatic hydroxyl groups excluding tert-OH is 1. The topological polar surface area (TPSA) is 64.1 Å². The Morgan fingerprint density at radius 1 is 1.44 bits per heavy atom. The van der Waals surface area contributed by atoms with E-state index in [2.05, 4.69) is 17.1 Å². The molecular weight excluding hydrogens is 230 g/mol. The molecule has 0 aliphatic heterocycles. The Balaban J connectivity index is 2.01. The summed E-state index contributed by atoms with van der Waals surface area (Å²) < 4.78 is 7.01.